The second-order valence-corrected chi connectivity index (χ2v) is 6.53. The highest BCUT2D eigenvalue weighted by molar-refractivity contribution is 5.84. The molecular formula is C18H29FN4O2. The summed E-state index contributed by atoms with van der Waals surface area (Å²) in [6, 6.07) is 4.86. The van der Waals surface area contributed by atoms with E-state index in [2.05, 4.69) is 24.2 Å². The molecule has 0 saturated carbocycles. The molecule has 0 bridgehead atoms. The second-order valence-electron chi connectivity index (χ2n) is 6.53. The third kappa shape index (κ3) is 6.99. The number of hydrogen-bond donors (Lipinski definition) is 1. The lowest BCUT2D eigenvalue weighted by Gasteiger charge is -2.24. The van der Waals surface area contributed by atoms with Crippen molar-refractivity contribution in [2.75, 3.05) is 41.3 Å². The summed E-state index contributed by atoms with van der Waals surface area (Å²) in [5.74, 6) is 0.786. The van der Waals surface area contributed by atoms with Gasteiger partial charge in [-0.05, 0) is 23.6 Å². The zero-order chi connectivity index (χ0) is 19.0. The molecule has 0 aliphatic heterocycles. The Labute approximate surface area is 149 Å². The Morgan fingerprint density at radius 1 is 1.32 bits per heavy atom. The van der Waals surface area contributed by atoms with Gasteiger partial charge >= 0.3 is 0 Å². The Bertz CT molecular complexity index is 603. The predicted molar refractivity (Wildman–Crippen MR) is 98.3 cm³/mol. The molecule has 1 N–H and O–H groups in total. The molecule has 0 radical (unpaired) electrons. The van der Waals surface area contributed by atoms with Gasteiger partial charge in [-0.3, -0.25) is 4.79 Å². The number of rotatable bonds is 7. The molecule has 25 heavy (non-hydrogen) atoms. The summed E-state index contributed by atoms with van der Waals surface area (Å²) >= 11 is 0. The molecule has 0 atom stereocenters. The molecule has 0 aliphatic rings. The number of methoxy groups -OCH3 is 1. The van der Waals surface area contributed by atoms with Crippen LogP contribution in [0.25, 0.3) is 0 Å². The van der Waals surface area contributed by atoms with E-state index in [-0.39, 0.29) is 18.2 Å². The van der Waals surface area contributed by atoms with Crippen molar-refractivity contribution in [3.63, 3.8) is 0 Å². The summed E-state index contributed by atoms with van der Waals surface area (Å²) in [5, 5.41) is 3.26. The number of aliphatic imine (C=N–C) groups is 1. The van der Waals surface area contributed by atoms with Crippen LogP contribution in [-0.4, -0.2) is 63.0 Å². The van der Waals surface area contributed by atoms with Crippen LogP contribution in [0, 0.1) is 11.7 Å². The number of carbonyl (C=O) groups excluding carboxylic acids is 1. The molecule has 0 aromatic heterocycles. The van der Waals surface area contributed by atoms with E-state index in [9.17, 15) is 9.18 Å². The lowest BCUT2D eigenvalue weighted by molar-refractivity contribution is -0.127. The fraction of sp³-hybridized carbons (Fsp3) is 0.556. The maximum atomic E-state index is 13.9. The van der Waals surface area contributed by atoms with Crippen molar-refractivity contribution in [2.24, 2.45) is 10.9 Å². The summed E-state index contributed by atoms with van der Waals surface area (Å²) in [5.41, 5.74) is 0.791. The van der Waals surface area contributed by atoms with Crippen LogP contribution < -0.4 is 10.1 Å². The topological polar surface area (TPSA) is 57.2 Å². The summed E-state index contributed by atoms with van der Waals surface area (Å²) in [6.45, 7) is 5.44. The average Bonchev–Trinajstić information content (AvgIpc) is 2.54. The number of carbonyl (C=O) groups is 1. The smallest absolute Gasteiger partial charge is 0.243 e. The maximum Gasteiger partial charge on any atom is 0.243 e. The lowest BCUT2D eigenvalue weighted by atomic mass is 10.2. The van der Waals surface area contributed by atoms with E-state index in [1.807, 2.05) is 18.0 Å². The van der Waals surface area contributed by atoms with E-state index in [0.29, 0.717) is 18.4 Å². The minimum absolute atomic E-state index is 0.0642. The van der Waals surface area contributed by atoms with Crippen molar-refractivity contribution in [1.82, 2.24) is 15.1 Å². The highest BCUT2D eigenvalue weighted by atomic mass is 19.1. The van der Waals surface area contributed by atoms with Gasteiger partial charge in [0.2, 0.25) is 5.91 Å². The second kappa shape index (κ2) is 9.86. The van der Waals surface area contributed by atoms with Crippen LogP contribution in [0.4, 0.5) is 4.39 Å². The molecule has 7 heteroatoms. The highest BCUT2D eigenvalue weighted by Crippen LogP contribution is 2.18. The molecule has 0 heterocycles. The first-order chi connectivity index (χ1) is 11.7. The standard InChI is InChI=1S/C18H29FN4O2/c1-13(2)10-20-18(21-11-17(24)22(3)4)23(5)12-14-7-8-16(25-6)15(19)9-14/h7-9,13H,10-12H2,1-6H3,(H,20,21). The summed E-state index contributed by atoms with van der Waals surface area (Å²) < 4.78 is 18.8. The molecule has 1 amide bonds. The summed E-state index contributed by atoms with van der Waals surface area (Å²) in [4.78, 5) is 19.6. The number of guanidine groups is 1. The van der Waals surface area contributed by atoms with E-state index in [4.69, 9.17) is 4.74 Å². The Kier molecular flexibility index (Phi) is 8.18. The van der Waals surface area contributed by atoms with Gasteiger partial charge < -0.3 is 19.9 Å². The molecule has 0 fully saturated rings. The predicted octanol–water partition coefficient (Wildman–Crippen LogP) is 1.96. The largest absolute Gasteiger partial charge is 0.494 e. The van der Waals surface area contributed by atoms with Gasteiger partial charge in [-0.15, -0.1) is 0 Å². The summed E-state index contributed by atoms with van der Waals surface area (Å²) in [6.07, 6.45) is 0. The molecule has 140 valence electrons. The van der Waals surface area contributed by atoms with E-state index < -0.39 is 5.82 Å². The van der Waals surface area contributed by atoms with E-state index in [1.54, 1.807) is 20.2 Å². The molecular weight excluding hydrogens is 323 g/mol. The van der Waals surface area contributed by atoms with E-state index in [0.717, 1.165) is 12.1 Å². The third-order valence-corrected chi connectivity index (χ3v) is 3.53. The van der Waals surface area contributed by atoms with Crippen molar-refractivity contribution >= 4 is 11.9 Å². The van der Waals surface area contributed by atoms with Crippen LogP contribution in [0.5, 0.6) is 5.75 Å². The molecule has 1 aromatic rings. The monoisotopic (exact) mass is 352 g/mol. The number of nitrogens with one attached hydrogen (secondary N) is 1. The fourth-order valence-electron chi connectivity index (χ4n) is 2.05. The first-order valence-corrected chi connectivity index (χ1v) is 8.26. The number of halogens is 1. The SMILES string of the molecule is COc1ccc(CN(C)C(=NCC(=O)N(C)C)NCC(C)C)cc1F. The van der Waals surface area contributed by atoms with Gasteiger partial charge in [0.05, 0.1) is 7.11 Å². The molecule has 1 rings (SSSR count). The first-order valence-electron chi connectivity index (χ1n) is 8.26. The number of nitrogens with zero attached hydrogens (tertiary/aromatic N) is 3. The first kappa shape index (κ1) is 20.7. The molecule has 0 saturated heterocycles. The van der Waals surface area contributed by atoms with Crippen LogP contribution >= 0.6 is 0 Å². The van der Waals surface area contributed by atoms with Gasteiger partial charge in [0.15, 0.2) is 17.5 Å². The lowest BCUT2D eigenvalue weighted by Crippen LogP contribution is -2.41. The van der Waals surface area contributed by atoms with Crippen LogP contribution in [0.2, 0.25) is 0 Å². The number of benzene rings is 1. The van der Waals surface area contributed by atoms with Gasteiger partial charge in [-0.2, -0.15) is 0 Å². The van der Waals surface area contributed by atoms with Crippen LogP contribution in [0.1, 0.15) is 19.4 Å². The van der Waals surface area contributed by atoms with Gasteiger partial charge in [0.1, 0.15) is 6.54 Å². The molecule has 0 aliphatic carbocycles. The van der Waals surface area contributed by atoms with E-state index in [1.165, 1.54) is 18.1 Å². The zero-order valence-electron chi connectivity index (χ0n) is 16.0. The Morgan fingerprint density at radius 2 is 2.00 bits per heavy atom. The maximum absolute atomic E-state index is 13.9. The number of hydrogen-bond acceptors (Lipinski definition) is 3. The molecule has 0 spiro atoms. The van der Waals surface area contributed by atoms with Crippen molar-refractivity contribution in [1.29, 1.82) is 0 Å². The minimum Gasteiger partial charge on any atom is -0.494 e. The van der Waals surface area contributed by atoms with Crippen molar-refractivity contribution in [2.45, 2.75) is 20.4 Å². The number of amides is 1. The molecule has 6 nitrogen and oxygen atoms in total. The van der Waals surface area contributed by atoms with Crippen molar-refractivity contribution < 1.29 is 13.9 Å². The zero-order valence-corrected chi connectivity index (χ0v) is 16.0. The van der Waals surface area contributed by atoms with Crippen LogP contribution in [0.15, 0.2) is 23.2 Å². The number of ether oxygens (including phenoxy) is 1. The van der Waals surface area contributed by atoms with Crippen LogP contribution in [-0.2, 0) is 11.3 Å². The highest BCUT2D eigenvalue weighted by Gasteiger charge is 2.11. The minimum atomic E-state index is -0.398. The Morgan fingerprint density at radius 3 is 2.52 bits per heavy atom. The van der Waals surface area contributed by atoms with Crippen molar-refractivity contribution in [3.05, 3.63) is 29.6 Å². The van der Waals surface area contributed by atoms with E-state index >= 15 is 0 Å². The fourth-order valence-corrected chi connectivity index (χ4v) is 2.05. The van der Waals surface area contributed by atoms with Gasteiger partial charge in [-0.25, -0.2) is 9.38 Å². The number of likely N-dealkylation sites (N-methyl/N-ethyl adjacent to an activating group) is 1. The van der Waals surface area contributed by atoms with Gasteiger partial charge in [0, 0.05) is 34.2 Å². The van der Waals surface area contributed by atoms with Gasteiger partial charge in [-0.1, -0.05) is 19.9 Å². The van der Waals surface area contributed by atoms with Crippen molar-refractivity contribution in [3.8, 4) is 5.75 Å². The summed E-state index contributed by atoms with van der Waals surface area (Å²) in [7, 11) is 6.69. The van der Waals surface area contributed by atoms with Crippen LogP contribution in [0.3, 0.4) is 0 Å². The van der Waals surface area contributed by atoms with Gasteiger partial charge in [0.25, 0.3) is 0 Å². The molecule has 0 unspecified atom stereocenters. The Balaban J connectivity index is 2.86. The normalized spacial score (nSPS) is 11.4. The third-order valence-electron chi connectivity index (χ3n) is 3.53. The quantitative estimate of drug-likeness (QED) is 0.602. The average molecular weight is 352 g/mol. The molecule has 1 aromatic carbocycles. The Hall–Kier alpha value is -2.31.